The van der Waals surface area contributed by atoms with E-state index in [0.717, 1.165) is 11.1 Å². The second-order valence-corrected chi connectivity index (χ2v) is 7.63. The topological polar surface area (TPSA) is 91.2 Å². The van der Waals surface area contributed by atoms with Crippen molar-refractivity contribution in [3.05, 3.63) is 71.5 Å². The largest absolute Gasteiger partial charge is 0.454 e. The van der Waals surface area contributed by atoms with Gasteiger partial charge in [-0.15, -0.1) is 11.3 Å². The van der Waals surface area contributed by atoms with Gasteiger partial charge in [0.15, 0.2) is 11.5 Å². The van der Waals surface area contributed by atoms with E-state index in [4.69, 9.17) is 9.47 Å². The molecule has 30 heavy (non-hydrogen) atoms. The second kappa shape index (κ2) is 6.53. The highest BCUT2D eigenvalue weighted by Gasteiger charge is 2.19. The Morgan fingerprint density at radius 3 is 2.77 bits per heavy atom. The Morgan fingerprint density at radius 2 is 1.87 bits per heavy atom. The summed E-state index contributed by atoms with van der Waals surface area (Å²) >= 11 is 1.30. The number of rotatable bonds is 3. The van der Waals surface area contributed by atoms with E-state index in [1.54, 1.807) is 18.2 Å². The number of nitrogens with one attached hydrogen (secondary N) is 1. The van der Waals surface area contributed by atoms with Crippen LogP contribution >= 0.6 is 11.3 Å². The molecule has 0 aliphatic carbocycles. The average molecular weight is 415 g/mol. The molecule has 9 heteroatoms. The summed E-state index contributed by atoms with van der Waals surface area (Å²) < 4.78 is 12.8. The third-order valence-electron chi connectivity index (χ3n) is 4.85. The first kappa shape index (κ1) is 16.9. The number of aromatic nitrogens is 4. The number of ether oxygens (including phenoxy) is 2. The fourth-order valence-corrected chi connectivity index (χ4v) is 4.46. The molecule has 146 valence electrons. The summed E-state index contributed by atoms with van der Waals surface area (Å²) in [6, 6.07) is 15.1. The van der Waals surface area contributed by atoms with Crippen LogP contribution in [0.3, 0.4) is 0 Å². The lowest BCUT2D eigenvalue weighted by atomic mass is 10.2. The minimum absolute atomic E-state index is 0.174. The van der Waals surface area contributed by atoms with Gasteiger partial charge in [0.2, 0.25) is 6.79 Å². The maximum atomic E-state index is 13.3. The van der Waals surface area contributed by atoms with Gasteiger partial charge in [0.05, 0.1) is 11.1 Å². The van der Waals surface area contributed by atoms with Crippen molar-refractivity contribution in [1.82, 2.24) is 19.5 Å². The van der Waals surface area contributed by atoms with E-state index in [1.807, 2.05) is 30.3 Å². The van der Waals surface area contributed by atoms with Crippen molar-refractivity contribution < 1.29 is 9.47 Å². The Bertz CT molecular complexity index is 1480. The van der Waals surface area contributed by atoms with Crippen molar-refractivity contribution in [2.45, 2.75) is 0 Å². The molecule has 0 unspecified atom stereocenters. The third-order valence-corrected chi connectivity index (χ3v) is 5.92. The van der Waals surface area contributed by atoms with Gasteiger partial charge in [-0.05, 0) is 24.3 Å². The van der Waals surface area contributed by atoms with Crippen LogP contribution in [-0.2, 0) is 0 Å². The molecule has 0 saturated carbocycles. The maximum Gasteiger partial charge on any atom is 0.275 e. The molecular weight excluding hydrogens is 402 g/mol. The summed E-state index contributed by atoms with van der Waals surface area (Å²) in [5.41, 5.74) is 1.96. The van der Waals surface area contributed by atoms with Crippen LogP contribution in [-0.4, -0.2) is 26.3 Å². The molecular formula is C21H13N5O3S. The van der Waals surface area contributed by atoms with Gasteiger partial charge >= 0.3 is 0 Å². The number of benzene rings is 2. The number of fused-ring (bicyclic) bond motifs is 4. The Labute approximate surface area is 173 Å². The first-order valence-electron chi connectivity index (χ1n) is 9.15. The predicted molar refractivity (Wildman–Crippen MR) is 114 cm³/mol. The van der Waals surface area contributed by atoms with Crippen LogP contribution in [0.2, 0.25) is 0 Å². The van der Waals surface area contributed by atoms with Crippen molar-refractivity contribution >= 4 is 43.3 Å². The lowest BCUT2D eigenvalue weighted by Crippen LogP contribution is -2.17. The molecule has 3 aromatic heterocycles. The summed E-state index contributed by atoms with van der Waals surface area (Å²) in [4.78, 5) is 27.3. The molecule has 1 aliphatic heterocycles. The predicted octanol–water partition coefficient (Wildman–Crippen LogP) is 3.86. The fraction of sp³-hybridized carbons (Fsp3) is 0.0476. The lowest BCUT2D eigenvalue weighted by Gasteiger charge is -2.07. The van der Waals surface area contributed by atoms with Crippen LogP contribution in [0, 0.1) is 0 Å². The third kappa shape index (κ3) is 2.60. The number of hydrogen-bond donors (Lipinski definition) is 1. The quantitative estimate of drug-likeness (QED) is 0.478. The van der Waals surface area contributed by atoms with E-state index in [1.165, 1.54) is 28.6 Å². The van der Waals surface area contributed by atoms with Crippen molar-refractivity contribution in [2.75, 3.05) is 12.1 Å². The molecule has 0 amide bonds. The first-order chi connectivity index (χ1) is 14.8. The van der Waals surface area contributed by atoms with E-state index in [0.29, 0.717) is 38.1 Å². The Balaban J connectivity index is 1.52. The number of para-hydroxylation sites is 1. The summed E-state index contributed by atoms with van der Waals surface area (Å²) in [7, 11) is 0. The van der Waals surface area contributed by atoms with E-state index < -0.39 is 0 Å². The van der Waals surface area contributed by atoms with Gasteiger partial charge in [-0.2, -0.15) is 0 Å². The molecule has 0 fully saturated rings. The lowest BCUT2D eigenvalue weighted by molar-refractivity contribution is 0.174. The van der Waals surface area contributed by atoms with Gasteiger partial charge in [0.1, 0.15) is 33.5 Å². The van der Waals surface area contributed by atoms with Crippen LogP contribution < -0.4 is 20.3 Å². The molecule has 0 saturated heterocycles. The minimum atomic E-state index is -0.174. The average Bonchev–Trinajstić information content (AvgIpc) is 3.39. The highest BCUT2D eigenvalue weighted by molar-refractivity contribution is 7.25. The van der Waals surface area contributed by atoms with Gasteiger partial charge in [-0.1, -0.05) is 18.2 Å². The molecule has 0 bridgehead atoms. The summed E-state index contributed by atoms with van der Waals surface area (Å²) in [5, 5.41) is 4.03. The highest BCUT2D eigenvalue weighted by atomic mass is 32.1. The van der Waals surface area contributed by atoms with Crippen molar-refractivity contribution in [1.29, 1.82) is 0 Å². The number of nitrogens with zero attached hydrogens (tertiary/aromatic N) is 4. The summed E-state index contributed by atoms with van der Waals surface area (Å²) in [6.45, 7) is 0.178. The zero-order chi connectivity index (χ0) is 20.1. The van der Waals surface area contributed by atoms with E-state index in [-0.39, 0.29) is 12.4 Å². The number of hydrogen-bond acceptors (Lipinski definition) is 8. The van der Waals surface area contributed by atoms with E-state index >= 15 is 0 Å². The van der Waals surface area contributed by atoms with E-state index in [2.05, 4.69) is 20.3 Å². The highest BCUT2D eigenvalue weighted by Crippen LogP contribution is 2.35. The molecule has 4 heterocycles. The van der Waals surface area contributed by atoms with E-state index in [9.17, 15) is 4.79 Å². The molecule has 6 rings (SSSR count). The van der Waals surface area contributed by atoms with Crippen LogP contribution in [0.1, 0.15) is 0 Å². The second-order valence-electron chi connectivity index (χ2n) is 6.63. The zero-order valence-corrected chi connectivity index (χ0v) is 16.2. The monoisotopic (exact) mass is 415 g/mol. The van der Waals surface area contributed by atoms with Crippen molar-refractivity contribution in [3.63, 3.8) is 0 Å². The molecule has 1 aliphatic rings. The number of anilines is 2. The SMILES string of the molecule is O=c1c2sc3ncnc(Nc4ccccc4)c3c2ncn1-c1ccc2c(c1)OCO2. The smallest absolute Gasteiger partial charge is 0.275 e. The molecule has 0 radical (unpaired) electrons. The maximum absolute atomic E-state index is 13.3. The standard InChI is InChI=1S/C21H13N5O3S/c27-21-18-17(24-10-26(21)13-6-7-14-15(8-13)29-11-28-14)16-19(22-9-23-20(16)30-18)25-12-4-2-1-3-5-12/h1-10H,11H2,(H,22,23,25). The van der Waals surface area contributed by atoms with Gasteiger partial charge in [-0.3, -0.25) is 9.36 Å². The molecule has 1 N–H and O–H groups in total. The molecule has 5 aromatic rings. The molecule has 0 spiro atoms. The molecule has 0 atom stereocenters. The minimum Gasteiger partial charge on any atom is -0.454 e. The van der Waals surface area contributed by atoms with Crippen LogP contribution in [0.15, 0.2) is 66.0 Å². The molecule has 2 aromatic carbocycles. The Morgan fingerprint density at radius 1 is 1.00 bits per heavy atom. The summed E-state index contributed by atoms with van der Waals surface area (Å²) in [5.74, 6) is 1.89. The van der Waals surface area contributed by atoms with Crippen LogP contribution in [0.25, 0.3) is 26.1 Å². The molecule has 8 nitrogen and oxygen atoms in total. The van der Waals surface area contributed by atoms with Crippen LogP contribution in [0.4, 0.5) is 11.5 Å². The first-order valence-corrected chi connectivity index (χ1v) is 9.96. The Kier molecular flexibility index (Phi) is 3.68. The Hall–Kier alpha value is -3.98. The van der Waals surface area contributed by atoms with Gasteiger partial charge < -0.3 is 14.8 Å². The van der Waals surface area contributed by atoms with Crippen molar-refractivity contribution in [2.24, 2.45) is 0 Å². The van der Waals surface area contributed by atoms with Gasteiger partial charge in [-0.25, -0.2) is 15.0 Å². The van der Waals surface area contributed by atoms with Gasteiger partial charge in [0, 0.05) is 11.8 Å². The van der Waals surface area contributed by atoms with Gasteiger partial charge in [0.25, 0.3) is 5.56 Å². The summed E-state index contributed by atoms with van der Waals surface area (Å²) in [6.07, 6.45) is 3.01. The number of thiophene rings is 1. The van der Waals surface area contributed by atoms with Crippen LogP contribution in [0.5, 0.6) is 11.5 Å². The zero-order valence-electron chi connectivity index (χ0n) is 15.4. The fourth-order valence-electron chi connectivity index (χ4n) is 3.44. The van der Waals surface area contributed by atoms with Crippen molar-refractivity contribution in [3.8, 4) is 17.2 Å². The normalized spacial score (nSPS) is 12.5.